The van der Waals surface area contributed by atoms with Gasteiger partial charge in [0.15, 0.2) is 17.7 Å². The molecule has 9 heteroatoms. The largest absolute Gasteiger partial charge is 0.493 e. The molecular formula is C26H31N3O6. The fraction of sp³-hybridized carbons (Fsp3) is 0.423. The lowest BCUT2D eigenvalue weighted by Gasteiger charge is -2.36. The molecule has 1 fully saturated rings. The Morgan fingerprint density at radius 1 is 1.03 bits per heavy atom. The number of amides is 1. The number of hydrogen-bond donors (Lipinski definition) is 0. The number of nitrogens with zero attached hydrogens (tertiary/aromatic N) is 3. The summed E-state index contributed by atoms with van der Waals surface area (Å²) in [6.07, 6.45) is 3.24. The third-order valence-electron chi connectivity index (χ3n) is 5.66. The van der Waals surface area contributed by atoms with Gasteiger partial charge in [-0.15, -0.1) is 0 Å². The number of aromatic nitrogens is 2. The van der Waals surface area contributed by atoms with Crippen molar-refractivity contribution >= 4 is 11.7 Å². The molecule has 0 saturated carbocycles. The van der Waals surface area contributed by atoms with Crippen LogP contribution < -0.4 is 19.8 Å². The molecule has 186 valence electrons. The van der Waals surface area contributed by atoms with Gasteiger partial charge in [-0.2, -0.15) is 0 Å². The van der Waals surface area contributed by atoms with E-state index in [0.29, 0.717) is 41.6 Å². The second-order valence-electron chi connectivity index (χ2n) is 9.38. The van der Waals surface area contributed by atoms with E-state index < -0.39 is 17.9 Å². The van der Waals surface area contributed by atoms with Crippen LogP contribution in [0, 0.1) is 0 Å². The van der Waals surface area contributed by atoms with Gasteiger partial charge in [-0.05, 0) is 63.9 Å². The first-order valence-corrected chi connectivity index (χ1v) is 11.6. The number of ether oxygens (including phenoxy) is 4. The van der Waals surface area contributed by atoms with Crippen LogP contribution in [0.25, 0.3) is 16.9 Å². The van der Waals surface area contributed by atoms with Gasteiger partial charge in [-0.1, -0.05) is 0 Å². The molecule has 9 nitrogen and oxygen atoms in total. The molecule has 1 atom stereocenters. The van der Waals surface area contributed by atoms with Gasteiger partial charge in [0.1, 0.15) is 17.0 Å². The molecule has 1 aliphatic rings. The van der Waals surface area contributed by atoms with Crippen LogP contribution >= 0.6 is 0 Å². The van der Waals surface area contributed by atoms with Crippen LogP contribution in [0.2, 0.25) is 0 Å². The Hall–Kier alpha value is -3.75. The molecule has 0 aliphatic carbocycles. The standard InChI is InChI=1S/C26H31N3O6/c1-26(2,3)35-25(31)28-13-7-6-8-24(28)34-18-10-12-22-27-19(15-23(30)29(22)16-18)17-9-11-20(32-4)21(14-17)33-5/h9-12,14-16,24H,6-8,13H2,1-5H3. The van der Waals surface area contributed by atoms with Gasteiger partial charge in [0.25, 0.3) is 5.56 Å². The molecule has 2 aromatic heterocycles. The number of methoxy groups -OCH3 is 2. The fourth-order valence-corrected chi connectivity index (χ4v) is 4.01. The number of rotatable bonds is 5. The van der Waals surface area contributed by atoms with Crippen LogP contribution in [0.4, 0.5) is 4.79 Å². The Labute approximate surface area is 204 Å². The maximum atomic E-state index is 13.0. The van der Waals surface area contributed by atoms with Crippen LogP contribution in [-0.4, -0.2) is 53.0 Å². The van der Waals surface area contributed by atoms with Gasteiger partial charge in [0, 0.05) is 24.6 Å². The minimum Gasteiger partial charge on any atom is -0.493 e. The van der Waals surface area contributed by atoms with E-state index in [1.807, 2.05) is 26.8 Å². The predicted molar refractivity (Wildman–Crippen MR) is 131 cm³/mol. The van der Waals surface area contributed by atoms with Gasteiger partial charge >= 0.3 is 6.09 Å². The van der Waals surface area contributed by atoms with Crippen molar-refractivity contribution < 1.29 is 23.7 Å². The van der Waals surface area contributed by atoms with Gasteiger partial charge < -0.3 is 18.9 Å². The van der Waals surface area contributed by atoms with Crippen LogP contribution in [0.5, 0.6) is 17.2 Å². The van der Waals surface area contributed by atoms with E-state index in [4.69, 9.17) is 18.9 Å². The van der Waals surface area contributed by atoms with Gasteiger partial charge in [-0.25, -0.2) is 9.78 Å². The fourth-order valence-electron chi connectivity index (χ4n) is 4.01. The highest BCUT2D eigenvalue weighted by Crippen LogP contribution is 2.31. The van der Waals surface area contributed by atoms with Crippen LogP contribution in [0.1, 0.15) is 40.0 Å². The van der Waals surface area contributed by atoms with Crippen molar-refractivity contribution in [2.75, 3.05) is 20.8 Å². The van der Waals surface area contributed by atoms with E-state index in [1.54, 1.807) is 49.6 Å². The first-order valence-electron chi connectivity index (χ1n) is 11.6. The third kappa shape index (κ3) is 5.50. The number of benzene rings is 1. The Balaban J connectivity index is 1.60. The Kier molecular flexibility index (Phi) is 6.86. The summed E-state index contributed by atoms with van der Waals surface area (Å²) in [5, 5.41) is 0. The lowest BCUT2D eigenvalue weighted by Crippen LogP contribution is -2.48. The minimum atomic E-state index is -0.591. The van der Waals surface area contributed by atoms with Crippen LogP contribution in [0.15, 0.2) is 47.4 Å². The highest BCUT2D eigenvalue weighted by molar-refractivity contribution is 5.68. The summed E-state index contributed by atoms with van der Waals surface area (Å²) in [6, 6.07) is 10.3. The highest BCUT2D eigenvalue weighted by Gasteiger charge is 2.32. The minimum absolute atomic E-state index is 0.252. The summed E-state index contributed by atoms with van der Waals surface area (Å²) in [4.78, 5) is 31.9. The van der Waals surface area contributed by atoms with E-state index in [-0.39, 0.29) is 5.56 Å². The third-order valence-corrected chi connectivity index (χ3v) is 5.66. The Morgan fingerprint density at radius 2 is 1.80 bits per heavy atom. The van der Waals surface area contributed by atoms with Crippen LogP contribution in [-0.2, 0) is 4.74 Å². The van der Waals surface area contributed by atoms with Crippen molar-refractivity contribution in [3.63, 3.8) is 0 Å². The number of likely N-dealkylation sites (tertiary alicyclic amines) is 1. The lowest BCUT2D eigenvalue weighted by atomic mass is 10.1. The molecular weight excluding hydrogens is 450 g/mol. The smallest absolute Gasteiger partial charge is 0.413 e. The van der Waals surface area contributed by atoms with E-state index in [9.17, 15) is 9.59 Å². The molecule has 0 spiro atoms. The van der Waals surface area contributed by atoms with Crippen molar-refractivity contribution in [3.8, 4) is 28.5 Å². The maximum Gasteiger partial charge on any atom is 0.413 e. The zero-order valence-corrected chi connectivity index (χ0v) is 20.7. The van der Waals surface area contributed by atoms with E-state index in [2.05, 4.69) is 4.98 Å². The van der Waals surface area contributed by atoms with Gasteiger partial charge in [0.05, 0.1) is 26.1 Å². The Bertz CT molecular complexity index is 1280. The molecule has 4 rings (SSSR count). The van der Waals surface area contributed by atoms with Crippen molar-refractivity contribution in [1.29, 1.82) is 0 Å². The average molecular weight is 482 g/mol. The van der Waals surface area contributed by atoms with Crippen molar-refractivity contribution in [1.82, 2.24) is 14.3 Å². The number of fused-ring (bicyclic) bond motifs is 1. The summed E-state index contributed by atoms with van der Waals surface area (Å²) in [5.74, 6) is 1.62. The second-order valence-corrected chi connectivity index (χ2v) is 9.38. The molecule has 1 amide bonds. The molecule has 1 aromatic carbocycles. The molecule has 1 saturated heterocycles. The monoisotopic (exact) mass is 481 g/mol. The first kappa shape index (κ1) is 24.4. The summed E-state index contributed by atoms with van der Waals surface area (Å²) < 4.78 is 23.8. The molecule has 1 aliphatic heterocycles. The number of pyridine rings is 1. The van der Waals surface area contributed by atoms with Crippen LogP contribution in [0.3, 0.4) is 0 Å². The van der Waals surface area contributed by atoms with E-state index in [1.165, 1.54) is 10.5 Å². The van der Waals surface area contributed by atoms with E-state index >= 15 is 0 Å². The molecule has 0 radical (unpaired) electrons. The summed E-state index contributed by atoms with van der Waals surface area (Å²) in [6.45, 7) is 6.07. The number of hydrogen-bond acceptors (Lipinski definition) is 7. The first-order chi connectivity index (χ1) is 16.7. The second kappa shape index (κ2) is 9.85. The molecule has 3 aromatic rings. The van der Waals surface area contributed by atoms with Gasteiger partial charge in [-0.3, -0.25) is 14.1 Å². The van der Waals surface area contributed by atoms with Crippen molar-refractivity contribution in [3.05, 3.63) is 52.9 Å². The quantitative estimate of drug-likeness (QED) is 0.530. The number of carbonyl (C=O) groups excluding carboxylic acids is 1. The average Bonchev–Trinajstić information content (AvgIpc) is 2.83. The summed E-state index contributed by atoms with van der Waals surface area (Å²) in [7, 11) is 3.13. The normalized spacial score (nSPS) is 16.1. The van der Waals surface area contributed by atoms with Gasteiger partial charge in [0.2, 0.25) is 0 Å². The summed E-state index contributed by atoms with van der Waals surface area (Å²) in [5.41, 5.74) is 0.887. The summed E-state index contributed by atoms with van der Waals surface area (Å²) >= 11 is 0. The van der Waals surface area contributed by atoms with Crippen molar-refractivity contribution in [2.24, 2.45) is 0 Å². The Morgan fingerprint density at radius 3 is 2.51 bits per heavy atom. The zero-order valence-electron chi connectivity index (χ0n) is 20.7. The number of piperidine rings is 1. The van der Waals surface area contributed by atoms with E-state index in [0.717, 1.165) is 18.4 Å². The number of carbonyl (C=O) groups is 1. The predicted octanol–water partition coefficient (Wildman–Crippen LogP) is 4.50. The zero-order chi connectivity index (χ0) is 25.2. The highest BCUT2D eigenvalue weighted by atomic mass is 16.6. The maximum absolute atomic E-state index is 13.0. The topological polar surface area (TPSA) is 91.6 Å². The molecule has 35 heavy (non-hydrogen) atoms. The SMILES string of the molecule is COc1ccc(-c2cc(=O)n3cc(OC4CCCCN4C(=O)OC(C)(C)C)ccc3n2)cc1OC. The lowest BCUT2D eigenvalue weighted by molar-refractivity contribution is -0.0343. The molecule has 0 bridgehead atoms. The molecule has 3 heterocycles. The molecule has 0 N–H and O–H groups in total. The van der Waals surface area contributed by atoms with Crippen molar-refractivity contribution in [2.45, 2.75) is 51.9 Å². The molecule has 1 unspecified atom stereocenters.